The number of ether oxygens (including phenoxy) is 1. The van der Waals surface area contributed by atoms with Crippen LogP contribution in [0.2, 0.25) is 0 Å². The third kappa shape index (κ3) is 3.61. The molecule has 1 N–H and O–H groups in total. The maximum atomic E-state index is 6.00. The Bertz CT molecular complexity index is 425. The number of hydrogen-bond donors (Lipinski definition) is 1. The molecule has 1 aromatic rings. The summed E-state index contributed by atoms with van der Waals surface area (Å²) < 4.78 is 7.86. The van der Waals surface area contributed by atoms with Gasteiger partial charge in [0.25, 0.3) is 0 Å². The SMILES string of the molecule is CC(C)COC1CC(NCCc2cnn(C)c2)C1(C)C. The van der Waals surface area contributed by atoms with Crippen LogP contribution in [0.4, 0.5) is 0 Å². The highest BCUT2D eigenvalue weighted by molar-refractivity contribution is 5.06. The van der Waals surface area contributed by atoms with Crippen LogP contribution in [0.1, 0.15) is 39.7 Å². The Morgan fingerprint density at radius 3 is 2.80 bits per heavy atom. The van der Waals surface area contributed by atoms with E-state index < -0.39 is 0 Å². The zero-order valence-electron chi connectivity index (χ0n) is 13.5. The van der Waals surface area contributed by atoms with Gasteiger partial charge in [0.15, 0.2) is 0 Å². The standard InChI is InChI=1S/C16H29N3O/c1-12(2)11-20-15-8-14(16(15,3)4)17-7-6-13-9-18-19(5)10-13/h9-10,12,14-15,17H,6-8,11H2,1-5H3. The van der Waals surface area contributed by atoms with Crippen molar-refractivity contribution in [3.63, 3.8) is 0 Å². The third-order valence-corrected chi connectivity index (χ3v) is 4.37. The van der Waals surface area contributed by atoms with E-state index in [4.69, 9.17) is 4.74 Å². The molecule has 0 saturated heterocycles. The Morgan fingerprint density at radius 1 is 1.50 bits per heavy atom. The van der Waals surface area contributed by atoms with E-state index in [0.717, 1.165) is 26.0 Å². The lowest BCUT2D eigenvalue weighted by Crippen LogP contribution is -2.61. The average Bonchev–Trinajstić information content (AvgIpc) is 2.77. The summed E-state index contributed by atoms with van der Waals surface area (Å²) in [5.41, 5.74) is 1.54. The van der Waals surface area contributed by atoms with Crippen LogP contribution in [-0.2, 0) is 18.2 Å². The summed E-state index contributed by atoms with van der Waals surface area (Å²) >= 11 is 0. The monoisotopic (exact) mass is 279 g/mol. The van der Waals surface area contributed by atoms with Gasteiger partial charge in [-0.1, -0.05) is 27.7 Å². The number of hydrogen-bond acceptors (Lipinski definition) is 3. The van der Waals surface area contributed by atoms with E-state index in [9.17, 15) is 0 Å². The van der Waals surface area contributed by atoms with Gasteiger partial charge in [-0.3, -0.25) is 4.68 Å². The summed E-state index contributed by atoms with van der Waals surface area (Å²) in [6.07, 6.45) is 6.61. The van der Waals surface area contributed by atoms with Gasteiger partial charge in [-0.05, 0) is 30.9 Å². The Balaban J connectivity index is 1.70. The molecule has 4 heteroatoms. The van der Waals surface area contributed by atoms with Crippen molar-refractivity contribution in [1.29, 1.82) is 0 Å². The summed E-state index contributed by atoms with van der Waals surface area (Å²) in [6.45, 7) is 10.9. The first kappa shape index (κ1) is 15.5. The first-order valence-electron chi connectivity index (χ1n) is 7.72. The van der Waals surface area contributed by atoms with Crippen molar-refractivity contribution in [2.45, 2.75) is 52.7 Å². The van der Waals surface area contributed by atoms with Crippen LogP contribution in [0.25, 0.3) is 0 Å². The van der Waals surface area contributed by atoms with E-state index in [1.807, 2.05) is 17.9 Å². The number of nitrogens with one attached hydrogen (secondary N) is 1. The molecule has 114 valence electrons. The summed E-state index contributed by atoms with van der Waals surface area (Å²) in [6, 6.07) is 0.566. The largest absolute Gasteiger partial charge is 0.377 e. The minimum atomic E-state index is 0.240. The molecule has 1 aliphatic carbocycles. The van der Waals surface area contributed by atoms with Gasteiger partial charge in [0, 0.05) is 31.3 Å². The molecule has 1 aromatic heterocycles. The number of aromatic nitrogens is 2. The van der Waals surface area contributed by atoms with Gasteiger partial charge in [-0.15, -0.1) is 0 Å². The molecule has 2 unspecified atom stereocenters. The van der Waals surface area contributed by atoms with E-state index in [1.54, 1.807) is 0 Å². The molecular formula is C16H29N3O. The fourth-order valence-corrected chi connectivity index (χ4v) is 2.81. The molecule has 4 nitrogen and oxygen atoms in total. The van der Waals surface area contributed by atoms with Crippen LogP contribution < -0.4 is 5.32 Å². The van der Waals surface area contributed by atoms with Gasteiger partial charge in [0.2, 0.25) is 0 Å². The fraction of sp³-hybridized carbons (Fsp3) is 0.812. The first-order valence-corrected chi connectivity index (χ1v) is 7.72. The average molecular weight is 279 g/mol. The van der Waals surface area contributed by atoms with Crippen LogP contribution in [-0.4, -0.2) is 35.1 Å². The molecule has 2 rings (SSSR count). The smallest absolute Gasteiger partial charge is 0.0656 e. The van der Waals surface area contributed by atoms with Gasteiger partial charge < -0.3 is 10.1 Å². The second-order valence-corrected chi connectivity index (χ2v) is 7.05. The van der Waals surface area contributed by atoms with E-state index in [2.05, 4.69) is 44.3 Å². The number of aryl methyl sites for hydroxylation is 1. The minimum absolute atomic E-state index is 0.240. The van der Waals surface area contributed by atoms with Crippen molar-refractivity contribution < 1.29 is 4.74 Å². The number of rotatable bonds is 7. The maximum absolute atomic E-state index is 6.00. The van der Waals surface area contributed by atoms with Crippen molar-refractivity contribution in [2.24, 2.45) is 18.4 Å². The second kappa shape index (κ2) is 6.27. The molecule has 0 spiro atoms. The lowest BCUT2D eigenvalue weighted by atomic mass is 9.64. The summed E-state index contributed by atoms with van der Waals surface area (Å²) in [5.74, 6) is 0.614. The Morgan fingerprint density at radius 2 is 2.25 bits per heavy atom. The Labute approximate surface area is 122 Å². The topological polar surface area (TPSA) is 39.1 Å². The van der Waals surface area contributed by atoms with Crippen molar-refractivity contribution >= 4 is 0 Å². The highest BCUT2D eigenvalue weighted by Gasteiger charge is 2.48. The molecule has 1 fully saturated rings. The molecule has 1 aliphatic rings. The molecule has 0 aliphatic heterocycles. The summed E-state index contributed by atoms with van der Waals surface area (Å²) in [4.78, 5) is 0. The second-order valence-electron chi connectivity index (χ2n) is 7.05. The molecular weight excluding hydrogens is 250 g/mol. The molecule has 0 radical (unpaired) electrons. The molecule has 2 atom stereocenters. The molecule has 20 heavy (non-hydrogen) atoms. The molecule has 0 amide bonds. The van der Waals surface area contributed by atoms with Crippen LogP contribution >= 0.6 is 0 Å². The van der Waals surface area contributed by atoms with E-state index in [-0.39, 0.29) is 5.41 Å². The zero-order valence-corrected chi connectivity index (χ0v) is 13.5. The predicted octanol–water partition coefficient (Wildman–Crippen LogP) is 2.39. The van der Waals surface area contributed by atoms with Crippen LogP contribution in [0.5, 0.6) is 0 Å². The Kier molecular flexibility index (Phi) is 4.86. The quantitative estimate of drug-likeness (QED) is 0.833. The molecule has 0 aromatic carbocycles. The molecule has 1 heterocycles. The van der Waals surface area contributed by atoms with Crippen molar-refractivity contribution in [3.05, 3.63) is 18.0 Å². The third-order valence-electron chi connectivity index (χ3n) is 4.37. The number of nitrogens with zero attached hydrogens (tertiary/aromatic N) is 2. The minimum Gasteiger partial charge on any atom is -0.377 e. The van der Waals surface area contributed by atoms with Gasteiger partial charge in [0.05, 0.1) is 12.3 Å². The van der Waals surface area contributed by atoms with Crippen molar-refractivity contribution in [1.82, 2.24) is 15.1 Å². The van der Waals surface area contributed by atoms with Crippen LogP contribution in [0.3, 0.4) is 0 Å². The van der Waals surface area contributed by atoms with E-state index in [1.165, 1.54) is 5.56 Å². The lowest BCUT2D eigenvalue weighted by Gasteiger charge is -2.52. The predicted molar refractivity (Wildman–Crippen MR) is 81.7 cm³/mol. The van der Waals surface area contributed by atoms with Gasteiger partial charge in [-0.25, -0.2) is 0 Å². The van der Waals surface area contributed by atoms with Gasteiger partial charge in [-0.2, -0.15) is 5.10 Å². The van der Waals surface area contributed by atoms with Gasteiger partial charge in [0.1, 0.15) is 0 Å². The zero-order chi connectivity index (χ0) is 14.8. The van der Waals surface area contributed by atoms with Crippen LogP contribution in [0, 0.1) is 11.3 Å². The van der Waals surface area contributed by atoms with Gasteiger partial charge >= 0.3 is 0 Å². The maximum Gasteiger partial charge on any atom is 0.0656 e. The molecule has 1 saturated carbocycles. The van der Waals surface area contributed by atoms with Crippen molar-refractivity contribution in [3.8, 4) is 0 Å². The fourth-order valence-electron chi connectivity index (χ4n) is 2.81. The summed E-state index contributed by atoms with van der Waals surface area (Å²) in [7, 11) is 1.96. The first-order chi connectivity index (χ1) is 9.39. The van der Waals surface area contributed by atoms with E-state index in [0.29, 0.717) is 18.1 Å². The normalized spacial score (nSPS) is 24.9. The highest BCUT2D eigenvalue weighted by atomic mass is 16.5. The molecule has 0 bridgehead atoms. The summed E-state index contributed by atoms with van der Waals surface area (Å²) in [5, 5.41) is 7.87. The Hall–Kier alpha value is -0.870. The van der Waals surface area contributed by atoms with E-state index >= 15 is 0 Å². The highest BCUT2D eigenvalue weighted by Crippen LogP contribution is 2.42. The lowest BCUT2D eigenvalue weighted by molar-refractivity contribution is -0.123. The van der Waals surface area contributed by atoms with Crippen LogP contribution in [0.15, 0.2) is 12.4 Å². The van der Waals surface area contributed by atoms with Crippen molar-refractivity contribution in [2.75, 3.05) is 13.2 Å².